The van der Waals surface area contributed by atoms with Crippen LogP contribution >= 0.6 is 0 Å². The fourth-order valence-electron chi connectivity index (χ4n) is 2.30. The summed E-state index contributed by atoms with van der Waals surface area (Å²) in [5.41, 5.74) is 0. The summed E-state index contributed by atoms with van der Waals surface area (Å²) >= 11 is 0. The molecule has 1 heterocycles. The minimum Gasteiger partial charge on any atom is -0.455 e. The van der Waals surface area contributed by atoms with Gasteiger partial charge in [0, 0.05) is 27.1 Å². The number of ether oxygens (including phenoxy) is 5. The number of carbonyl (C=O) groups is 2. The van der Waals surface area contributed by atoms with Crippen LogP contribution in [-0.2, 0) is 33.3 Å². The Balaban J connectivity index is 2.99. The molecule has 0 aromatic rings. The van der Waals surface area contributed by atoms with Crippen LogP contribution in [0.2, 0.25) is 0 Å². The van der Waals surface area contributed by atoms with Crippen molar-refractivity contribution in [2.75, 3.05) is 19.8 Å². The molecule has 0 saturated carbocycles. The molecule has 1 N–H and O–H groups in total. The highest BCUT2D eigenvalue weighted by molar-refractivity contribution is 5.67. The van der Waals surface area contributed by atoms with Crippen molar-refractivity contribution < 1.29 is 38.4 Å². The summed E-state index contributed by atoms with van der Waals surface area (Å²) in [7, 11) is 0. The first-order valence-electron chi connectivity index (χ1n) is 7.28. The lowest BCUT2D eigenvalue weighted by molar-refractivity contribution is -0.300. The molecule has 1 aliphatic rings. The summed E-state index contributed by atoms with van der Waals surface area (Å²) in [6.45, 7) is 6.96. The minimum absolute atomic E-state index is 0.156. The van der Waals surface area contributed by atoms with Crippen molar-refractivity contribution >= 4 is 11.9 Å². The molecule has 5 atom stereocenters. The summed E-state index contributed by atoms with van der Waals surface area (Å²) < 4.78 is 26.5. The maximum Gasteiger partial charge on any atom is 0.303 e. The number of hydrogen-bond acceptors (Lipinski definition) is 8. The molecular weight excluding hydrogens is 296 g/mol. The van der Waals surface area contributed by atoms with Crippen molar-refractivity contribution in [2.45, 2.75) is 58.4 Å². The Labute approximate surface area is 129 Å². The van der Waals surface area contributed by atoms with Gasteiger partial charge in [-0.05, 0) is 13.8 Å². The summed E-state index contributed by atoms with van der Waals surface area (Å²) in [5, 5.41) is 10.1. The average Bonchev–Trinajstić information content (AvgIpc) is 2.43. The van der Waals surface area contributed by atoms with Crippen LogP contribution in [0.1, 0.15) is 27.7 Å². The molecule has 1 saturated heterocycles. The van der Waals surface area contributed by atoms with Gasteiger partial charge in [-0.3, -0.25) is 9.59 Å². The highest BCUT2D eigenvalue weighted by atomic mass is 16.7. The van der Waals surface area contributed by atoms with Crippen LogP contribution in [0.25, 0.3) is 0 Å². The lowest BCUT2D eigenvalue weighted by Gasteiger charge is -2.43. The predicted molar refractivity (Wildman–Crippen MR) is 73.9 cm³/mol. The van der Waals surface area contributed by atoms with Gasteiger partial charge in [-0.25, -0.2) is 0 Å². The molecule has 0 spiro atoms. The highest BCUT2D eigenvalue weighted by Crippen LogP contribution is 2.27. The quantitative estimate of drug-likeness (QED) is 0.655. The molecule has 22 heavy (non-hydrogen) atoms. The molecule has 8 heteroatoms. The van der Waals surface area contributed by atoms with Gasteiger partial charge in [0.1, 0.15) is 12.2 Å². The van der Waals surface area contributed by atoms with Crippen LogP contribution in [0, 0.1) is 0 Å². The lowest BCUT2D eigenvalue weighted by atomic mass is 9.98. The standard InChI is InChI=1S/C14H24O8/c1-5-18-7-10-11(19-6-2)12(20-8(3)15)13(14(17)22-10)21-9(4)16/h10-14,17H,5-7H2,1-4H3/t10-,11-,12+,13+,14+/m1/s1. The Kier molecular flexibility index (Phi) is 7.74. The zero-order chi connectivity index (χ0) is 16.7. The van der Waals surface area contributed by atoms with Crippen LogP contribution in [0.15, 0.2) is 0 Å². The topological polar surface area (TPSA) is 101 Å². The van der Waals surface area contributed by atoms with E-state index in [0.717, 1.165) is 0 Å². The number of aliphatic hydroxyl groups excluding tert-OH is 1. The van der Waals surface area contributed by atoms with Gasteiger partial charge in [-0.1, -0.05) is 0 Å². The number of rotatable bonds is 7. The number of esters is 2. The largest absolute Gasteiger partial charge is 0.455 e. The highest BCUT2D eigenvalue weighted by Gasteiger charge is 2.50. The number of hydrogen-bond donors (Lipinski definition) is 1. The Morgan fingerprint density at radius 3 is 2.09 bits per heavy atom. The summed E-state index contributed by atoms with van der Waals surface area (Å²) in [6, 6.07) is 0. The van der Waals surface area contributed by atoms with Gasteiger partial charge in [0.25, 0.3) is 0 Å². The zero-order valence-electron chi connectivity index (χ0n) is 13.3. The molecule has 1 aliphatic heterocycles. The molecule has 0 radical (unpaired) electrons. The number of carbonyl (C=O) groups excluding carboxylic acids is 2. The normalized spacial score (nSPS) is 31.6. The Bertz CT molecular complexity index is 372. The van der Waals surface area contributed by atoms with Crippen LogP contribution in [0.4, 0.5) is 0 Å². The summed E-state index contributed by atoms with van der Waals surface area (Å²) in [5.74, 6) is -1.19. The maximum atomic E-state index is 11.3. The van der Waals surface area contributed by atoms with Crippen LogP contribution < -0.4 is 0 Å². The van der Waals surface area contributed by atoms with Gasteiger partial charge in [-0.15, -0.1) is 0 Å². The second-order valence-corrected chi connectivity index (χ2v) is 4.79. The van der Waals surface area contributed by atoms with Gasteiger partial charge in [0.2, 0.25) is 0 Å². The fraction of sp³-hybridized carbons (Fsp3) is 0.857. The molecule has 0 aromatic heterocycles. The van der Waals surface area contributed by atoms with Crippen LogP contribution in [-0.4, -0.2) is 67.6 Å². The SMILES string of the molecule is CCOC[C@H]1O[C@H](O)[C@@H](OC(C)=O)[C@@H](OC(C)=O)[C@@H]1OCC. The van der Waals surface area contributed by atoms with E-state index in [0.29, 0.717) is 13.2 Å². The van der Waals surface area contributed by atoms with Crippen molar-refractivity contribution in [2.24, 2.45) is 0 Å². The van der Waals surface area contributed by atoms with E-state index in [1.807, 2.05) is 6.92 Å². The first kappa shape index (κ1) is 18.8. The Morgan fingerprint density at radius 2 is 1.59 bits per heavy atom. The maximum absolute atomic E-state index is 11.3. The van der Waals surface area contributed by atoms with Crippen molar-refractivity contribution in [1.29, 1.82) is 0 Å². The average molecular weight is 320 g/mol. The van der Waals surface area contributed by atoms with E-state index < -0.39 is 42.6 Å². The van der Waals surface area contributed by atoms with Crippen molar-refractivity contribution in [3.63, 3.8) is 0 Å². The Morgan fingerprint density at radius 1 is 1.00 bits per heavy atom. The molecular formula is C14H24O8. The van der Waals surface area contributed by atoms with Crippen molar-refractivity contribution in [3.8, 4) is 0 Å². The molecule has 1 rings (SSSR count). The molecule has 8 nitrogen and oxygen atoms in total. The van der Waals surface area contributed by atoms with E-state index in [1.54, 1.807) is 6.92 Å². The fourth-order valence-corrected chi connectivity index (χ4v) is 2.30. The van der Waals surface area contributed by atoms with Gasteiger partial charge >= 0.3 is 11.9 Å². The van der Waals surface area contributed by atoms with Crippen molar-refractivity contribution in [1.82, 2.24) is 0 Å². The lowest BCUT2D eigenvalue weighted by Crippen LogP contribution is -2.62. The molecule has 1 fully saturated rings. The van der Waals surface area contributed by atoms with E-state index in [4.69, 9.17) is 23.7 Å². The Hall–Kier alpha value is -1.22. The predicted octanol–water partition coefficient (Wildman–Crippen LogP) is 0.00860. The molecule has 0 aromatic carbocycles. The summed E-state index contributed by atoms with van der Waals surface area (Å²) in [6.07, 6.45) is -4.93. The molecule has 0 amide bonds. The second-order valence-electron chi connectivity index (χ2n) is 4.79. The van der Waals surface area contributed by atoms with E-state index in [9.17, 15) is 14.7 Å². The smallest absolute Gasteiger partial charge is 0.303 e. The van der Waals surface area contributed by atoms with Crippen molar-refractivity contribution in [3.05, 3.63) is 0 Å². The monoisotopic (exact) mass is 320 g/mol. The first-order chi connectivity index (χ1) is 10.4. The third kappa shape index (κ3) is 5.20. The van der Waals surface area contributed by atoms with E-state index >= 15 is 0 Å². The van der Waals surface area contributed by atoms with E-state index in [2.05, 4.69) is 0 Å². The van der Waals surface area contributed by atoms with Gasteiger partial charge in [0.05, 0.1) is 6.61 Å². The zero-order valence-corrected chi connectivity index (χ0v) is 13.3. The second kappa shape index (κ2) is 9.04. The third-order valence-corrected chi connectivity index (χ3v) is 3.06. The molecule has 0 bridgehead atoms. The van der Waals surface area contributed by atoms with Gasteiger partial charge in [-0.2, -0.15) is 0 Å². The van der Waals surface area contributed by atoms with Crippen LogP contribution in [0.3, 0.4) is 0 Å². The van der Waals surface area contributed by atoms with E-state index in [1.165, 1.54) is 13.8 Å². The van der Waals surface area contributed by atoms with Gasteiger partial charge < -0.3 is 28.8 Å². The molecule has 0 unspecified atom stereocenters. The van der Waals surface area contributed by atoms with Gasteiger partial charge in [0.15, 0.2) is 18.5 Å². The number of aliphatic hydroxyl groups is 1. The first-order valence-corrected chi connectivity index (χ1v) is 7.28. The third-order valence-electron chi connectivity index (χ3n) is 3.06. The molecule has 128 valence electrons. The van der Waals surface area contributed by atoms with Crippen LogP contribution in [0.5, 0.6) is 0 Å². The van der Waals surface area contributed by atoms with E-state index in [-0.39, 0.29) is 6.61 Å². The molecule has 0 aliphatic carbocycles. The summed E-state index contributed by atoms with van der Waals surface area (Å²) in [4.78, 5) is 22.6. The minimum atomic E-state index is -1.43.